The van der Waals surface area contributed by atoms with E-state index in [1.165, 1.54) is 6.42 Å². The Hall–Kier alpha value is -0.990. The number of likely N-dealkylation sites (tertiary alicyclic amines) is 1. The summed E-state index contributed by atoms with van der Waals surface area (Å²) in [7, 11) is 0. The maximum Gasteiger partial charge on any atom is 0.410 e. The minimum atomic E-state index is -0.424. The molecule has 1 aliphatic rings. The van der Waals surface area contributed by atoms with Gasteiger partial charge in [-0.2, -0.15) is 0 Å². The van der Waals surface area contributed by atoms with Crippen LogP contribution in [0.3, 0.4) is 0 Å². The summed E-state index contributed by atoms with van der Waals surface area (Å²) in [6.07, 6.45) is 5.85. The zero-order valence-electron chi connectivity index (χ0n) is 11.5. The molecule has 1 heterocycles. The third kappa shape index (κ3) is 4.06. The summed E-state index contributed by atoms with van der Waals surface area (Å²) >= 11 is 0. The van der Waals surface area contributed by atoms with Crippen LogP contribution in [0.2, 0.25) is 0 Å². The summed E-state index contributed by atoms with van der Waals surface area (Å²) in [5.41, 5.74) is -0.424. The van der Waals surface area contributed by atoms with Gasteiger partial charge in [-0.1, -0.05) is 6.08 Å². The van der Waals surface area contributed by atoms with Crippen molar-refractivity contribution in [2.75, 3.05) is 0 Å². The van der Waals surface area contributed by atoms with Crippen molar-refractivity contribution in [2.24, 2.45) is 0 Å². The standard InChI is InChI=1S/C14H25NO2/c1-6-8-12-10-7-9-11(2)15(12)13(16)17-14(3,4)5/h6,11-12H,1,7-10H2,2-5H3/t11-,12-/m0/s1. The van der Waals surface area contributed by atoms with Crippen molar-refractivity contribution in [1.82, 2.24) is 4.90 Å². The highest BCUT2D eigenvalue weighted by molar-refractivity contribution is 5.69. The van der Waals surface area contributed by atoms with Crippen molar-refractivity contribution < 1.29 is 9.53 Å². The maximum absolute atomic E-state index is 12.2. The Morgan fingerprint density at radius 3 is 2.65 bits per heavy atom. The molecule has 0 aromatic rings. The number of nitrogens with zero attached hydrogens (tertiary/aromatic N) is 1. The van der Waals surface area contributed by atoms with E-state index in [0.717, 1.165) is 19.3 Å². The average Bonchev–Trinajstić information content (AvgIpc) is 2.15. The van der Waals surface area contributed by atoms with Crippen LogP contribution in [-0.4, -0.2) is 28.7 Å². The Morgan fingerprint density at radius 2 is 2.12 bits per heavy atom. The highest BCUT2D eigenvalue weighted by atomic mass is 16.6. The fourth-order valence-electron chi connectivity index (χ4n) is 2.35. The molecule has 17 heavy (non-hydrogen) atoms. The van der Waals surface area contributed by atoms with E-state index in [1.54, 1.807) is 0 Å². The smallest absolute Gasteiger partial charge is 0.410 e. The van der Waals surface area contributed by atoms with E-state index in [4.69, 9.17) is 4.74 Å². The number of hydrogen-bond donors (Lipinski definition) is 0. The highest BCUT2D eigenvalue weighted by Crippen LogP contribution is 2.27. The van der Waals surface area contributed by atoms with Gasteiger partial charge in [0.2, 0.25) is 0 Å². The van der Waals surface area contributed by atoms with E-state index in [0.29, 0.717) is 0 Å². The molecule has 0 bridgehead atoms. The molecule has 1 saturated heterocycles. The van der Waals surface area contributed by atoms with Crippen molar-refractivity contribution in [3.8, 4) is 0 Å². The lowest BCUT2D eigenvalue weighted by molar-refractivity contribution is -0.00226. The highest BCUT2D eigenvalue weighted by Gasteiger charge is 2.33. The van der Waals surface area contributed by atoms with E-state index in [2.05, 4.69) is 13.5 Å². The first-order valence-electron chi connectivity index (χ1n) is 6.47. The van der Waals surface area contributed by atoms with Gasteiger partial charge >= 0.3 is 6.09 Å². The molecule has 3 nitrogen and oxygen atoms in total. The molecule has 0 aromatic heterocycles. The summed E-state index contributed by atoms with van der Waals surface area (Å²) in [6.45, 7) is 11.6. The second-order valence-electron chi connectivity index (χ2n) is 5.85. The lowest BCUT2D eigenvalue weighted by atomic mass is 9.95. The first-order chi connectivity index (χ1) is 7.85. The van der Waals surface area contributed by atoms with E-state index in [-0.39, 0.29) is 18.2 Å². The molecule has 3 heteroatoms. The molecular formula is C14H25NO2. The molecule has 1 rings (SSSR count). The molecule has 0 spiro atoms. The van der Waals surface area contributed by atoms with Gasteiger partial charge in [0.15, 0.2) is 0 Å². The van der Waals surface area contributed by atoms with Crippen LogP contribution in [0.4, 0.5) is 4.79 Å². The summed E-state index contributed by atoms with van der Waals surface area (Å²) in [6, 6.07) is 0.523. The quantitative estimate of drug-likeness (QED) is 0.687. The largest absolute Gasteiger partial charge is 0.444 e. The van der Waals surface area contributed by atoms with Crippen molar-refractivity contribution in [3.63, 3.8) is 0 Å². The summed E-state index contributed by atoms with van der Waals surface area (Å²) in [5, 5.41) is 0. The molecule has 1 fully saturated rings. The minimum absolute atomic E-state index is 0.184. The SMILES string of the molecule is C=CC[C@H]1CCC[C@H](C)N1C(=O)OC(C)(C)C. The van der Waals surface area contributed by atoms with Gasteiger partial charge in [-0.3, -0.25) is 0 Å². The van der Waals surface area contributed by atoms with Crippen LogP contribution in [0.1, 0.15) is 53.4 Å². The topological polar surface area (TPSA) is 29.5 Å². The van der Waals surface area contributed by atoms with Gasteiger partial charge in [0.1, 0.15) is 5.60 Å². The fraction of sp³-hybridized carbons (Fsp3) is 0.786. The molecule has 1 amide bonds. The predicted octanol–water partition coefficient (Wildman–Crippen LogP) is 3.74. The Bertz CT molecular complexity index is 280. The van der Waals surface area contributed by atoms with Gasteiger partial charge in [-0.15, -0.1) is 6.58 Å². The van der Waals surface area contributed by atoms with E-state index in [9.17, 15) is 4.79 Å². The molecular weight excluding hydrogens is 214 g/mol. The second-order valence-corrected chi connectivity index (χ2v) is 5.85. The predicted molar refractivity (Wildman–Crippen MR) is 70.0 cm³/mol. The lowest BCUT2D eigenvalue weighted by Crippen LogP contribution is -2.50. The summed E-state index contributed by atoms with van der Waals surface area (Å²) in [5.74, 6) is 0. The zero-order chi connectivity index (χ0) is 13.1. The van der Waals surface area contributed by atoms with Gasteiger partial charge in [0.25, 0.3) is 0 Å². The lowest BCUT2D eigenvalue weighted by Gasteiger charge is -2.40. The summed E-state index contributed by atoms with van der Waals surface area (Å²) < 4.78 is 5.48. The number of carbonyl (C=O) groups excluding carboxylic acids is 1. The molecule has 0 radical (unpaired) electrons. The zero-order valence-corrected chi connectivity index (χ0v) is 11.5. The van der Waals surface area contributed by atoms with E-state index >= 15 is 0 Å². The van der Waals surface area contributed by atoms with Crippen molar-refractivity contribution in [1.29, 1.82) is 0 Å². The molecule has 1 aliphatic heterocycles. The van der Waals surface area contributed by atoms with Crippen LogP contribution in [0, 0.1) is 0 Å². The molecule has 0 unspecified atom stereocenters. The van der Waals surface area contributed by atoms with Gasteiger partial charge in [0.05, 0.1) is 0 Å². The number of amides is 1. The first-order valence-corrected chi connectivity index (χ1v) is 6.47. The Balaban J connectivity index is 2.74. The fourth-order valence-corrected chi connectivity index (χ4v) is 2.35. The third-order valence-corrected chi connectivity index (χ3v) is 3.07. The monoisotopic (exact) mass is 239 g/mol. The molecule has 2 atom stereocenters. The van der Waals surface area contributed by atoms with Crippen LogP contribution >= 0.6 is 0 Å². The number of hydrogen-bond acceptors (Lipinski definition) is 2. The molecule has 0 N–H and O–H groups in total. The van der Waals surface area contributed by atoms with E-state index in [1.807, 2.05) is 31.7 Å². The van der Waals surface area contributed by atoms with Gasteiger partial charge in [0, 0.05) is 12.1 Å². The Kier molecular flexibility index (Phi) is 4.61. The molecule has 98 valence electrons. The van der Waals surface area contributed by atoms with Crippen molar-refractivity contribution >= 4 is 6.09 Å². The number of piperidine rings is 1. The minimum Gasteiger partial charge on any atom is -0.444 e. The van der Waals surface area contributed by atoms with Crippen LogP contribution in [-0.2, 0) is 4.74 Å². The van der Waals surface area contributed by atoms with Gasteiger partial charge < -0.3 is 9.64 Å². The molecule has 0 saturated carbocycles. The Morgan fingerprint density at radius 1 is 1.47 bits per heavy atom. The van der Waals surface area contributed by atoms with Crippen LogP contribution < -0.4 is 0 Å². The second kappa shape index (κ2) is 5.56. The Labute approximate surface area is 105 Å². The van der Waals surface area contributed by atoms with Gasteiger partial charge in [-0.05, 0) is 53.4 Å². The molecule has 0 aliphatic carbocycles. The third-order valence-electron chi connectivity index (χ3n) is 3.07. The number of rotatable bonds is 2. The first kappa shape index (κ1) is 14.1. The van der Waals surface area contributed by atoms with E-state index < -0.39 is 5.60 Å². The molecule has 0 aromatic carbocycles. The average molecular weight is 239 g/mol. The number of carbonyl (C=O) groups is 1. The number of ether oxygens (including phenoxy) is 1. The maximum atomic E-state index is 12.2. The normalized spacial score (nSPS) is 25.5. The van der Waals surface area contributed by atoms with Crippen LogP contribution in [0.25, 0.3) is 0 Å². The summed E-state index contributed by atoms with van der Waals surface area (Å²) in [4.78, 5) is 14.1. The van der Waals surface area contributed by atoms with Crippen molar-refractivity contribution in [3.05, 3.63) is 12.7 Å². The van der Waals surface area contributed by atoms with Gasteiger partial charge in [-0.25, -0.2) is 4.79 Å². The van der Waals surface area contributed by atoms with Crippen LogP contribution in [0.15, 0.2) is 12.7 Å². The van der Waals surface area contributed by atoms with Crippen molar-refractivity contribution in [2.45, 2.75) is 71.1 Å². The van der Waals surface area contributed by atoms with Crippen LogP contribution in [0.5, 0.6) is 0 Å².